The largest absolute Gasteiger partial charge is 0.495 e. The molecule has 0 unspecified atom stereocenters. The van der Waals surface area contributed by atoms with E-state index in [2.05, 4.69) is 25.1 Å². The van der Waals surface area contributed by atoms with Crippen LogP contribution < -0.4 is 14.4 Å². The summed E-state index contributed by atoms with van der Waals surface area (Å²) in [6.07, 6.45) is 2.91. The van der Waals surface area contributed by atoms with Crippen molar-refractivity contribution in [3.8, 4) is 11.4 Å². The van der Waals surface area contributed by atoms with Gasteiger partial charge in [-0.15, -0.1) is 5.10 Å². The van der Waals surface area contributed by atoms with Gasteiger partial charge in [-0.05, 0) is 66.1 Å². The molecule has 2 aromatic carbocycles. The summed E-state index contributed by atoms with van der Waals surface area (Å²) < 4.78 is 48.4. The number of likely N-dealkylation sites (N-methyl/N-ethyl adjacent to an activating group) is 1. The van der Waals surface area contributed by atoms with Gasteiger partial charge in [-0.3, -0.25) is 0 Å². The topological polar surface area (TPSA) is 102 Å². The van der Waals surface area contributed by atoms with Gasteiger partial charge in [-0.1, -0.05) is 12.1 Å². The molecule has 176 valence electrons. The van der Waals surface area contributed by atoms with Crippen LogP contribution in [0.3, 0.4) is 0 Å². The molecule has 11 heteroatoms. The molecule has 0 aliphatic heterocycles. The second-order valence-electron chi connectivity index (χ2n) is 8.07. The summed E-state index contributed by atoms with van der Waals surface area (Å²) in [4.78, 5) is 2.10. The molecule has 1 fully saturated rings. The molecule has 0 saturated heterocycles. The van der Waals surface area contributed by atoms with Gasteiger partial charge >= 0.3 is 0 Å². The molecule has 9 nitrogen and oxygen atoms in total. The second-order valence-corrected chi connectivity index (χ2v) is 10.1. The Kier molecular flexibility index (Phi) is 6.61. The van der Waals surface area contributed by atoms with E-state index in [1.807, 2.05) is 25.2 Å². The number of nitrogens with zero attached hydrogens (tertiary/aromatic N) is 5. The van der Waals surface area contributed by atoms with E-state index < -0.39 is 10.0 Å². The van der Waals surface area contributed by atoms with Gasteiger partial charge in [0.15, 0.2) is 0 Å². The van der Waals surface area contributed by atoms with E-state index in [1.165, 1.54) is 18.5 Å². The number of ether oxygens (including phenoxy) is 1. The van der Waals surface area contributed by atoms with Crippen LogP contribution in [-0.4, -0.2) is 60.6 Å². The Morgan fingerprint density at radius 2 is 1.97 bits per heavy atom. The summed E-state index contributed by atoms with van der Waals surface area (Å²) in [5.41, 5.74) is 2.47. The Labute approximate surface area is 192 Å². The zero-order valence-electron chi connectivity index (χ0n) is 18.7. The smallest absolute Gasteiger partial charge is 0.211 e. The molecule has 0 spiro atoms. The lowest BCUT2D eigenvalue weighted by molar-refractivity contribution is 0.412. The average Bonchev–Trinajstić information content (AvgIpc) is 3.49. The summed E-state index contributed by atoms with van der Waals surface area (Å²) in [5, 5.41) is 11.3. The number of methoxy groups -OCH3 is 1. The van der Waals surface area contributed by atoms with Gasteiger partial charge < -0.3 is 9.64 Å². The number of halogens is 1. The van der Waals surface area contributed by atoms with E-state index >= 15 is 0 Å². The van der Waals surface area contributed by atoms with E-state index in [-0.39, 0.29) is 29.6 Å². The summed E-state index contributed by atoms with van der Waals surface area (Å²) in [6, 6.07) is 11.6. The number of benzene rings is 2. The fourth-order valence-electron chi connectivity index (χ4n) is 4.55. The molecule has 1 aliphatic carbocycles. The lowest BCUT2D eigenvalue weighted by atomic mass is 9.90. The highest BCUT2D eigenvalue weighted by Crippen LogP contribution is 2.42. The molecule has 33 heavy (non-hydrogen) atoms. The summed E-state index contributed by atoms with van der Waals surface area (Å²) in [5.74, 6) is 0.160. The lowest BCUT2D eigenvalue weighted by Crippen LogP contribution is -2.43. The van der Waals surface area contributed by atoms with Crippen molar-refractivity contribution in [1.82, 2.24) is 24.9 Å². The number of nitrogens with one attached hydrogen (secondary N) is 1. The quantitative estimate of drug-likeness (QED) is 0.535. The van der Waals surface area contributed by atoms with Gasteiger partial charge in [-0.2, -0.15) is 0 Å². The number of hydrogen-bond donors (Lipinski definition) is 1. The van der Waals surface area contributed by atoms with Crippen LogP contribution in [0.5, 0.6) is 5.75 Å². The van der Waals surface area contributed by atoms with Crippen molar-refractivity contribution in [3.05, 3.63) is 60.2 Å². The first-order valence-corrected chi connectivity index (χ1v) is 12.4. The van der Waals surface area contributed by atoms with Crippen LogP contribution in [0.1, 0.15) is 31.2 Å². The number of rotatable bonds is 8. The van der Waals surface area contributed by atoms with Crippen LogP contribution in [0, 0.1) is 5.82 Å². The molecule has 3 atom stereocenters. The normalized spacial score (nSPS) is 20.7. The van der Waals surface area contributed by atoms with E-state index in [0.717, 1.165) is 23.4 Å². The van der Waals surface area contributed by atoms with Crippen LogP contribution in [0.15, 0.2) is 48.8 Å². The minimum absolute atomic E-state index is 0.00194. The van der Waals surface area contributed by atoms with Crippen LogP contribution in [-0.2, 0) is 10.0 Å². The molecule has 1 aromatic heterocycles. The Morgan fingerprint density at radius 1 is 1.21 bits per heavy atom. The number of anilines is 1. The predicted molar refractivity (Wildman–Crippen MR) is 123 cm³/mol. The molecule has 0 amide bonds. The van der Waals surface area contributed by atoms with E-state index in [4.69, 9.17) is 4.74 Å². The molecule has 0 bridgehead atoms. The Bertz CT molecular complexity index is 1190. The lowest BCUT2D eigenvalue weighted by Gasteiger charge is -2.35. The molecule has 1 N–H and O–H groups in total. The molecule has 1 saturated carbocycles. The van der Waals surface area contributed by atoms with E-state index in [9.17, 15) is 12.8 Å². The van der Waals surface area contributed by atoms with Gasteiger partial charge in [0.05, 0.1) is 24.2 Å². The molecular formula is C22H27FN6O3S. The third kappa shape index (κ3) is 4.83. The maximum Gasteiger partial charge on any atom is 0.211 e. The highest BCUT2D eigenvalue weighted by Gasteiger charge is 2.41. The second kappa shape index (κ2) is 9.44. The fraction of sp³-hybridized carbons (Fsp3) is 0.409. The van der Waals surface area contributed by atoms with Gasteiger partial charge in [0, 0.05) is 25.0 Å². The van der Waals surface area contributed by atoms with Crippen LogP contribution in [0.2, 0.25) is 0 Å². The van der Waals surface area contributed by atoms with Crippen molar-refractivity contribution in [2.24, 2.45) is 0 Å². The zero-order valence-corrected chi connectivity index (χ0v) is 19.5. The Hall–Kier alpha value is -3.05. The van der Waals surface area contributed by atoms with Crippen molar-refractivity contribution in [2.45, 2.75) is 37.8 Å². The van der Waals surface area contributed by atoms with E-state index in [0.29, 0.717) is 12.2 Å². The number of hydrogen-bond acceptors (Lipinski definition) is 7. The van der Waals surface area contributed by atoms with Gasteiger partial charge in [0.2, 0.25) is 10.0 Å². The van der Waals surface area contributed by atoms with Crippen LogP contribution in [0.4, 0.5) is 10.1 Å². The van der Waals surface area contributed by atoms with Gasteiger partial charge in [-0.25, -0.2) is 22.2 Å². The summed E-state index contributed by atoms with van der Waals surface area (Å²) in [6.45, 7) is 1.61. The molecule has 0 radical (unpaired) electrons. The average molecular weight is 475 g/mol. The highest BCUT2D eigenvalue weighted by molar-refractivity contribution is 7.89. The molecule has 4 rings (SSSR count). The Morgan fingerprint density at radius 3 is 2.61 bits per heavy atom. The van der Waals surface area contributed by atoms with E-state index in [1.54, 1.807) is 30.8 Å². The van der Waals surface area contributed by atoms with Crippen molar-refractivity contribution in [2.75, 3.05) is 24.8 Å². The molecular weight excluding hydrogens is 447 g/mol. The third-order valence-corrected chi connectivity index (χ3v) is 7.66. The first-order chi connectivity index (χ1) is 15.8. The van der Waals surface area contributed by atoms with Crippen LogP contribution in [0.25, 0.3) is 5.69 Å². The molecule has 1 heterocycles. The minimum atomic E-state index is -3.41. The highest BCUT2D eigenvalue weighted by atomic mass is 32.2. The zero-order chi connectivity index (χ0) is 23.6. The van der Waals surface area contributed by atoms with Crippen molar-refractivity contribution in [3.63, 3.8) is 0 Å². The standard InChI is InChI=1S/C22H27FN6O3S/c1-4-33(30,31)25-18-10-11-19(22(18)15-5-7-16(23)8-6-15)28(2)20-13-17(9-12-21(20)32-3)29-14-24-26-27-29/h5-9,12-14,18-19,22,25H,4,10-11H2,1-3H3/t18-,19-,22+/m0/s1. The first-order valence-electron chi connectivity index (χ1n) is 10.7. The molecule has 1 aliphatic rings. The number of aromatic nitrogens is 4. The first kappa shape index (κ1) is 23.1. The fourth-order valence-corrected chi connectivity index (χ4v) is 5.44. The Balaban J connectivity index is 1.73. The van der Waals surface area contributed by atoms with Gasteiger partial charge in [0.25, 0.3) is 0 Å². The summed E-state index contributed by atoms with van der Waals surface area (Å²) in [7, 11) is 0.155. The van der Waals surface area contributed by atoms with Crippen molar-refractivity contribution < 1.29 is 17.5 Å². The summed E-state index contributed by atoms with van der Waals surface area (Å²) >= 11 is 0. The van der Waals surface area contributed by atoms with Gasteiger partial charge in [0.1, 0.15) is 17.9 Å². The monoisotopic (exact) mass is 474 g/mol. The maximum absolute atomic E-state index is 13.6. The third-order valence-electron chi connectivity index (χ3n) is 6.24. The predicted octanol–water partition coefficient (Wildman–Crippen LogP) is 2.50. The number of sulfonamides is 1. The number of tetrazole rings is 1. The molecule has 3 aromatic rings. The van der Waals surface area contributed by atoms with Crippen molar-refractivity contribution in [1.29, 1.82) is 0 Å². The minimum Gasteiger partial charge on any atom is -0.495 e. The maximum atomic E-state index is 13.6. The SMILES string of the molecule is CCS(=O)(=O)N[C@H]1CC[C@H](N(C)c2cc(-n3cnnn3)ccc2OC)[C@@H]1c1ccc(F)cc1. The van der Waals surface area contributed by atoms with Crippen molar-refractivity contribution >= 4 is 15.7 Å². The van der Waals surface area contributed by atoms with Crippen LogP contribution >= 0.6 is 0 Å².